The zero-order valence-electron chi connectivity index (χ0n) is 11.7. The SMILES string of the molecule is CN(C)C1(CNC(=O)c2ccnc(NN)c2F)CCC1. The predicted molar refractivity (Wildman–Crippen MR) is 74.6 cm³/mol. The van der Waals surface area contributed by atoms with Gasteiger partial charge in [-0.3, -0.25) is 4.79 Å². The third kappa shape index (κ3) is 2.59. The van der Waals surface area contributed by atoms with Crippen LogP contribution in [0.25, 0.3) is 0 Å². The van der Waals surface area contributed by atoms with E-state index in [4.69, 9.17) is 5.84 Å². The maximum atomic E-state index is 13.9. The number of likely N-dealkylation sites (N-methyl/N-ethyl adjacent to an activating group) is 1. The Morgan fingerprint density at radius 2 is 2.25 bits per heavy atom. The van der Waals surface area contributed by atoms with E-state index in [1.165, 1.54) is 12.3 Å². The fraction of sp³-hybridized carbons (Fsp3) is 0.538. The molecule has 1 amide bonds. The van der Waals surface area contributed by atoms with Gasteiger partial charge in [0.25, 0.3) is 5.91 Å². The Morgan fingerprint density at radius 1 is 1.55 bits per heavy atom. The molecule has 0 radical (unpaired) electrons. The van der Waals surface area contributed by atoms with Gasteiger partial charge in [0, 0.05) is 18.3 Å². The molecule has 1 fully saturated rings. The van der Waals surface area contributed by atoms with Gasteiger partial charge in [0.15, 0.2) is 11.6 Å². The Balaban J connectivity index is 2.06. The van der Waals surface area contributed by atoms with Crippen LogP contribution in [0.3, 0.4) is 0 Å². The lowest BCUT2D eigenvalue weighted by Gasteiger charge is -2.47. The normalized spacial score (nSPS) is 16.6. The first-order chi connectivity index (χ1) is 9.50. The molecular weight excluding hydrogens is 261 g/mol. The summed E-state index contributed by atoms with van der Waals surface area (Å²) in [6, 6.07) is 1.34. The van der Waals surface area contributed by atoms with Crippen LogP contribution in [0.15, 0.2) is 12.3 Å². The summed E-state index contributed by atoms with van der Waals surface area (Å²) in [5.74, 6) is 3.82. The van der Waals surface area contributed by atoms with Crippen LogP contribution >= 0.6 is 0 Å². The summed E-state index contributed by atoms with van der Waals surface area (Å²) in [4.78, 5) is 17.9. The van der Waals surface area contributed by atoms with Gasteiger partial charge in [-0.2, -0.15) is 0 Å². The summed E-state index contributed by atoms with van der Waals surface area (Å²) in [5, 5.41) is 2.80. The van der Waals surface area contributed by atoms with Crippen LogP contribution in [-0.4, -0.2) is 42.0 Å². The minimum absolute atomic E-state index is 0.00584. The zero-order chi connectivity index (χ0) is 14.8. The summed E-state index contributed by atoms with van der Waals surface area (Å²) >= 11 is 0. The molecule has 6 nitrogen and oxygen atoms in total. The van der Waals surface area contributed by atoms with E-state index in [1.54, 1.807) is 0 Å². The van der Waals surface area contributed by atoms with Gasteiger partial charge in [-0.25, -0.2) is 15.2 Å². The Bertz CT molecular complexity index is 502. The molecule has 0 aliphatic heterocycles. The van der Waals surface area contributed by atoms with Crippen LogP contribution in [-0.2, 0) is 0 Å². The predicted octanol–water partition coefficient (Wildman–Crippen LogP) is 0.720. The van der Waals surface area contributed by atoms with Gasteiger partial charge in [-0.15, -0.1) is 0 Å². The fourth-order valence-electron chi connectivity index (χ4n) is 2.43. The van der Waals surface area contributed by atoms with Gasteiger partial charge in [-0.05, 0) is 39.4 Å². The third-order valence-electron chi connectivity index (χ3n) is 4.08. The van der Waals surface area contributed by atoms with E-state index in [0.717, 1.165) is 19.3 Å². The van der Waals surface area contributed by atoms with Crippen LogP contribution in [0, 0.1) is 5.82 Å². The summed E-state index contributed by atoms with van der Waals surface area (Å²) < 4.78 is 13.9. The van der Waals surface area contributed by atoms with E-state index in [2.05, 4.69) is 20.6 Å². The average molecular weight is 281 g/mol. The largest absolute Gasteiger partial charge is 0.350 e. The fourth-order valence-corrected chi connectivity index (χ4v) is 2.43. The molecule has 0 aromatic carbocycles. The van der Waals surface area contributed by atoms with Crippen LogP contribution < -0.4 is 16.6 Å². The summed E-state index contributed by atoms with van der Waals surface area (Å²) in [6.07, 6.45) is 4.57. The number of aromatic nitrogens is 1. The number of carbonyl (C=O) groups excluding carboxylic acids is 1. The summed E-state index contributed by atoms with van der Waals surface area (Å²) in [5.41, 5.74) is 2.07. The quantitative estimate of drug-likeness (QED) is 0.547. The molecule has 1 heterocycles. The van der Waals surface area contributed by atoms with Crippen molar-refractivity contribution >= 4 is 11.7 Å². The van der Waals surface area contributed by atoms with Gasteiger partial charge in [0.1, 0.15) is 0 Å². The van der Waals surface area contributed by atoms with Crippen LogP contribution in [0.2, 0.25) is 0 Å². The molecular formula is C13H20FN5O. The van der Waals surface area contributed by atoms with E-state index in [9.17, 15) is 9.18 Å². The highest BCUT2D eigenvalue weighted by Crippen LogP contribution is 2.35. The van der Waals surface area contributed by atoms with Gasteiger partial charge in [0.05, 0.1) is 5.56 Å². The number of pyridine rings is 1. The number of halogens is 1. The second-order valence-corrected chi connectivity index (χ2v) is 5.32. The van der Waals surface area contributed by atoms with Crippen molar-refractivity contribution in [3.8, 4) is 0 Å². The summed E-state index contributed by atoms with van der Waals surface area (Å²) in [7, 11) is 3.99. The standard InChI is InChI=1S/C13H20FN5O/c1-19(2)13(5-3-6-13)8-17-12(20)9-4-7-16-11(18-15)10(9)14/h4,7H,3,5-6,8,15H2,1-2H3,(H,16,18)(H,17,20). The number of hydrazine groups is 1. The number of amides is 1. The molecule has 1 aromatic heterocycles. The van der Waals surface area contributed by atoms with Gasteiger partial charge >= 0.3 is 0 Å². The molecule has 0 spiro atoms. The molecule has 20 heavy (non-hydrogen) atoms. The smallest absolute Gasteiger partial charge is 0.254 e. The van der Waals surface area contributed by atoms with E-state index < -0.39 is 11.7 Å². The number of nitrogens with two attached hydrogens (primary N) is 1. The second-order valence-electron chi connectivity index (χ2n) is 5.32. The molecule has 0 bridgehead atoms. The molecule has 0 saturated heterocycles. The van der Waals surface area contributed by atoms with Crippen molar-refractivity contribution in [2.24, 2.45) is 5.84 Å². The van der Waals surface area contributed by atoms with Gasteiger partial charge in [-0.1, -0.05) is 0 Å². The molecule has 1 aliphatic rings. The van der Waals surface area contributed by atoms with E-state index in [-0.39, 0.29) is 16.9 Å². The van der Waals surface area contributed by atoms with Crippen molar-refractivity contribution in [2.75, 3.05) is 26.1 Å². The van der Waals surface area contributed by atoms with E-state index in [0.29, 0.717) is 6.54 Å². The minimum atomic E-state index is -0.736. The lowest BCUT2D eigenvalue weighted by Crippen LogP contribution is -2.57. The van der Waals surface area contributed by atoms with Gasteiger partial charge < -0.3 is 15.6 Å². The lowest BCUT2D eigenvalue weighted by atomic mass is 9.75. The molecule has 0 unspecified atom stereocenters. The number of carbonyl (C=O) groups is 1. The molecule has 1 saturated carbocycles. The highest BCUT2D eigenvalue weighted by atomic mass is 19.1. The highest BCUT2D eigenvalue weighted by Gasteiger charge is 2.39. The number of anilines is 1. The van der Waals surface area contributed by atoms with Crippen LogP contribution in [0.4, 0.5) is 10.2 Å². The Kier molecular flexibility index (Phi) is 4.20. The van der Waals surface area contributed by atoms with E-state index in [1.807, 2.05) is 14.1 Å². The molecule has 1 aromatic rings. The van der Waals surface area contributed by atoms with Crippen molar-refractivity contribution in [2.45, 2.75) is 24.8 Å². The third-order valence-corrected chi connectivity index (χ3v) is 4.08. The monoisotopic (exact) mass is 281 g/mol. The van der Waals surface area contributed by atoms with Crippen LogP contribution in [0.1, 0.15) is 29.6 Å². The number of rotatable bonds is 5. The molecule has 110 valence electrons. The van der Waals surface area contributed by atoms with Gasteiger partial charge in [0.2, 0.25) is 0 Å². The average Bonchev–Trinajstić information content (AvgIpc) is 2.37. The van der Waals surface area contributed by atoms with Crippen molar-refractivity contribution in [1.29, 1.82) is 0 Å². The molecule has 7 heteroatoms. The van der Waals surface area contributed by atoms with Crippen molar-refractivity contribution in [1.82, 2.24) is 15.2 Å². The maximum Gasteiger partial charge on any atom is 0.254 e. The second kappa shape index (κ2) is 5.72. The Labute approximate surface area is 117 Å². The number of hydrogen-bond acceptors (Lipinski definition) is 5. The number of nitrogens with zero attached hydrogens (tertiary/aromatic N) is 2. The van der Waals surface area contributed by atoms with Crippen LogP contribution in [0.5, 0.6) is 0 Å². The first-order valence-corrected chi connectivity index (χ1v) is 6.57. The lowest BCUT2D eigenvalue weighted by molar-refractivity contribution is 0.0556. The first-order valence-electron chi connectivity index (χ1n) is 6.57. The number of nitrogens with one attached hydrogen (secondary N) is 2. The number of hydrogen-bond donors (Lipinski definition) is 3. The van der Waals surface area contributed by atoms with Crippen molar-refractivity contribution in [3.63, 3.8) is 0 Å². The molecule has 0 atom stereocenters. The minimum Gasteiger partial charge on any atom is -0.350 e. The summed E-state index contributed by atoms with van der Waals surface area (Å²) in [6.45, 7) is 0.506. The number of nitrogen functional groups attached to an aromatic ring is 1. The maximum absolute atomic E-state index is 13.9. The van der Waals surface area contributed by atoms with Crippen molar-refractivity contribution in [3.05, 3.63) is 23.6 Å². The highest BCUT2D eigenvalue weighted by molar-refractivity contribution is 5.95. The first kappa shape index (κ1) is 14.7. The van der Waals surface area contributed by atoms with Crippen molar-refractivity contribution < 1.29 is 9.18 Å². The Morgan fingerprint density at radius 3 is 2.75 bits per heavy atom. The topological polar surface area (TPSA) is 83.3 Å². The van der Waals surface area contributed by atoms with E-state index >= 15 is 0 Å². The molecule has 2 rings (SSSR count). The Hall–Kier alpha value is -1.73. The molecule has 4 N–H and O–H groups in total. The molecule has 1 aliphatic carbocycles. The zero-order valence-corrected chi connectivity index (χ0v) is 11.7.